The molecule has 43 heavy (non-hydrogen) atoms. The summed E-state index contributed by atoms with van der Waals surface area (Å²) in [6, 6.07) is 7.70. The first-order chi connectivity index (χ1) is 20.2. The summed E-state index contributed by atoms with van der Waals surface area (Å²) in [6.45, 7) is 16.6. The van der Waals surface area contributed by atoms with Crippen molar-refractivity contribution < 1.29 is 24.8 Å². The van der Waals surface area contributed by atoms with Gasteiger partial charge in [-0.2, -0.15) is 0 Å². The van der Waals surface area contributed by atoms with Crippen molar-refractivity contribution in [1.82, 2.24) is 0 Å². The third-order valence-electron chi connectivity index (χ3n) is 8.19. The average molecular weight is 599 g/mol. The van der Waals surface area contributed by atoms with Crippen molar-refractivity contribution in [1.29, 1.82) is 0 Å². The molecular formula is C38H62O5. The summed E-state index contributed by atoms with van der Waals surface area (Å²) in [5.74, 6) is 0.780. The van der Waals surface area contributed by atoms with Crippen molar-refractivity contribution in [3.63, 3.8) is 0 Å². The second-order valence-corrected chi connectivity index (χ2v) is 13.3. The summed E-state index contributed by atoms with van der Waals surface area (Å²) in [5, 5.41) is 33.7. The van der Waals surface area contributed by atoms with Crippen molar-refractivity contribution in [2.45, 2.75) is 150 Å². The second kappa shape index (κ2) is 20.0. The number of ether oxygens (including phenoxy) is 2. The Hall–Kier alpha value is -2.18. The molecule has 5 heteroatoms. The van der Waals surface area contributed by atoms with Gasteiger partial charge in [0.15, 0.2) is 0 Å². The number of rotatable bonds is 21. The topological polar surface area (TPSA) is 79.2 Å². The van der Waals surface area contributed by atoms with E-state index in [0.29, 0.717) is 38.7 Å². The quantitative estimate of drug-likeness (QED) is 0.123. The van der Waals surface area contributed by atoms with Gasteiger partial charge in [0.25, 0.3) is 0 Å². The molecular weight excluding hydrogens is 536 g/mol. The van der Waals surface area contributed by atoms with Crippen molar-refractivity contribution in [3.05, 3.63) is 76.4 Å². The standard InChI is InChI=1S/C38H62O5/c1-29(2)14-10-16-31(5)18-12-26-37(7,40)35(39)24-25-36(43-28-33-20-22-34(42-9)23-21-33)38(8,41)27-13-19-32(6)17-11-15-30(3)4/h14-15,18-23,35-36,39-41H,10-13,16-17,24-28H2,1-9H3/b31-18-,32-19-/t35-,36-,37+,38-/m0/s1. The van der Waals surface area contributed by atoms with E-state index in [1.807, 2.05) is 31.2 Å². The van der Waals surface area contributed by atoms with Crippen LogP contribution in [0.25, 0.3) is 0 Å². The lowest BCUT2D eigenvalue weighted by Gasteiger charge is -2.35. The van der Waals surface area contributed by atoms with Gasteiger partial charge in [-0.3, -0.25) is 0 Å². The summed E-state index contributed by atoms with van der Waals surface area (Å²) in [7, 11) is 1.64. The molecule has 1 aromatic carbocycles. The minimum absolute atomic E-state index is 0.331. The van der Waals surface area contributed by atoms with Crippen LogP contribution in [0.3, 0.4) is 0 Å². The SMILES string of the molecule is COc1ccc(CO[C@@H](CC[C@H](O)[C@](C)(O)CC/C=C(/C)CCC=C(C)C)[C@@](C)(O)CC/C=C(/C)CCC=C(C)C)cc1. The van der Waals surface area contributed by atoms with Gasteiger partial charge in [0, 0.05) is 0 Å². The maximum absolute atomic E-state index is 11.6. The lowest BCUT2D eigenvalue weighted by molar-refractivity contribution is -0.124. The lowest BCUT2D eigenvalue weighted by atomic mass is 9.85. The van der Waals surface area contributed by atoms with E-state index in [1.54, 1.807) is 14.0 Å². The average Bonchev–Trinajstić information content (AvgIpc) is 2.92. The highest BCUT2D eigenvalue weighted by Crippen LogP contribution is 2.29. The fourth-order valence-corrected chi connectivity index (χ4v) is 5.04. The van der Waals surface area contributed by atoms with Gasteiger partial charge in [-0.15, -0.1) is 0 Å². The van der Waals surface area contributed by atoms with Crippen LogP contribution in [0.5, 0.6) is 5.75 Å². The molecule has 0 radical (unpaired) electrons. The van der Waals surface area contributed by atoms with Gasteiger partial charge in [0.1, 0.15) is 5.75 Å². The van der Waals surface area contributed by atoms with Crippen LogP contribution in [-0.4, -0.2) is 45.8 Å². The molecule has 0 spiro atoms. The Labute approximate surface area is 263 Å². The van der Waals surface area contributed by atoms with E-state index in [4.69, 9.17) is 9.47 Å². The van der Waals surface area contributed by atoms with E-state index in [9.17, 15) is 15.3 Å². The molecule has 244 valence electrons. The zero-order chi connectivity index (χ0) is 32.5. The Bertz CT molecular complexity index is 1030. The summed E-state index contributed by atoms with van der Waals surface area (Å²) in [4.78, 5) is 0. The number of methoxy groups -OCH3 is 1. The Morgan fingerprint density at radius 1 is 0.721 bits per heavy atom. The summed E-state index contributed by atoms with van der Waals surface area (Å²) in [5.41, 5.74) is 3.93. The summed E-state index contributed by atoms with van der Waals surface area (Å²) >= 11 is 0. The molecule has 3 N–H and O–H groups in total. The summed E-state index contributed by atoms with van der Waals surface area (Å²) < 4.78 is 11.6. The molecule has 4 atom stereocenters. The van der Waals surface area contributed by atoms with Crippen molar-refractivity contribution in [3.8, 4) is 5.75 Å². The molecule has 0 saturated heterocycles. The molecule has 0 heterocycles. The molecule has 0 amide bonds. The van der Waals surface area contributed by atoms with Gasteiger partial charge in [0.05, 0.1) is 37.1 Å². The largest absolute Gasteiger partial charge is 0.497 e. The van der Waals surface area contributed by atoms with E-state index in [0.717, 1.165) is 43.4 Å². The third-order valence-corrected chi connectivity index (χ3v) is 8.19. The van der Waals surface area contributed by atoms with Crippen LogP contribution in [0.15, 0.2) is 70.9 Å². The minimum atomic E-state index is -1.23. The molecule has 0 aromatic heterocycles. The highest BCUT2D eigenvalue weighted by atomic mass is 16.5. The number of allylic oxidation sites excluding steroid dienone is 8. The normalized spacial score (nSPS) is 16.6. The van der Waals surface area contributed by atoms with Crippen LogP contribution in [0.4, 0.5) is 0 Å². The smallest absolute Gasteiger partial charge is 0.118 e. The molecule has 1 aromatic rings. The van der Waals surface area contributed by atoms with Crippen molar-refractivity contribution in [2.24, 2.45) is 0 Å². The van der Waals surface area contributed by atoms with Gasteiger partial charge in [0.2, 0.25) is 0 Å². The van der Waals surface area contributed by atoms with Crippen LogP contribution < -0.4 is 4.74 Å². The van der Waals surface area contributed by atoms with E-state index in [1.165, 1.54) is 22.3 Å². The van der Waals surface area contributed by atoms with E-state index in [2.05, 4.69) is 65.8 Å². The number of hydrogen-bond donors (Lipinski definition) is 3. The zero-order valence-corrected chi connectivity index (χ0v) is 28.7. The second-order valence-electron chi connectivity index (χ2n) is 13.3. The Morgan fingerprint density at radius 3 is 1.67 bits per heavy atom. The van der Waals surface area contributed by atoms with Gasteiger partial charge in [-0.1, -0.05) is 58.7 Å². The highest BCUT2D eigenvalue weighted by Gasteiger charge is 2.35. The fraction of sp³-hybridized carbons (Fsp3) is 0.632. The van der Waals surface area contributed by atoms with Crippen molar-refractivity contribution in [2.75, 3.05) is 7.11 Å². The molecule has 5 nitrogen and oxygen atoms in total. The first-order valence-electron chi connectivity index (χ1n) is 16.1. The van der Waals surface area contributed by atoms with E-state index < -0.39 is 23.4 Å². The molecule has 0 aliphatic rings. The number of benzene rings is 1. The zero-order valence-electron chi connectivity index (χ0n) is 28.7. The van der Waals surface area contributed by atoms with Gasteiger partial charge >= 0.3 is 0 Å². The molecule has 0 fully saturated rings. The number of aliphatic hydroxyl groups is 3. The minimum Gasteiger partial charge on any atom is -0.497 e. The molecule has 0 saturated carbocycles. The maximum atomic E-state index is 11.6. The Balaban J connectivity index is 2.85. The monoisotopic (exact) mass is 598 g/mol. The molecule has 0 aliphatic heterocycles. The predicted octanol–water partition coefficient (Wildman–Crippen LogP) is 9.17. The van der Waals surface area contributed by atoms with E-state index >= 15 is 0 Å². The van der Waals surface area contributed by atoms with Crippen LogP contribution in [0, 0.1) is 0 Å². The van der Waals surface area contributed by atoms with Crippen LogP contribution in [0.1, 0.15) is 125 Å². The lowest BCUT2D eigenvalue weighted by Crippen LogP contribution is -2.44. The maximum Gasteiger partial charge on any atom is 0.118 e. The molecule has 1 rings (SSSR count). The van der Waals surface area contributed by atoms with Crippen LogP contribution >= 0.6 is 0 Å². The molecule has 0 unspecified atom stereocenters. The first kappa shape index (κ1) is 38.8. The van der Waals surface area contributed by atoms with Crippen LogP contribution in [-0.2, 0) is 11.3 Å². The number of aliphatic hydroxyl groups excluding tert-OH is 1. The van der Waals surface area contributed by atoms with Gasteiger partial charge in [-0.25, -0.2) is 0 Å². The van der Waals surface area contributed by atoms with Gasteiger partial charge in [-0.05, 0) is 137 Å². The van der Waals surface area contributed by atoms with Crippen molar-refractivity contribution >= 4 is 0 Å². The Morgan fingerprint density at radius 2 is 1.21 bits per heavy atom. The highest BCUT2D eigenvalue weighted by molar-refractivity contribution is 5.26. The third kappa shape index (κ3) is 17.0. The number of hydrogen-bond acceptors (Lipinski definition) is 5. The Kier molecular flexibility index (Phi) is 18.0. The molecule has 0 aliphatic carbocycles. The first-order valence-corrected chi connectivity index (χ1v) is 16.1. The fourth-order valence-electron chi connectivity index (χ4n) is 5.04. The van der Waals surface area contributed by atoms with E-state index in [-0.39, 0.29) is 0 Å². The van der Waals surface area contributed by atoms with Gasteiger partial charge < -0.3 is 24.8 Å². The predicted molar refractivity (Wildman–Crippen MR) is 181 cm³/mol. The molecule has 0 bridgehead atoms. The summed E-state index contributed by atoms with van der Waals surface area (Å²) in [6.07, 6.45) is 14.7. The van der Waals surface area contributed by atoms with Crippen LogP contribution in [0.2, 0.25) is 0 Å².